The molecule has 0 saturated heterocycles. The van der Waals surface area contributed by atoms with Gasteiger partial charge in [-0.15, -0.1) is 22.7 Å². The topological polar surface area (TPSA) is 67.4 Å². The van der Waals surface area contributed by atoms with Crippen LogP contribution in [0.15, 0.2) is 41.8 Å². The smallest absolute Gasteiger partial charge is 0.266 e. The van der Waals surface area contributed by atoms with Crippen molar-refractivity contribution in [2.75, 3.05) is 17.7 Å². The zero-order chi connectivity index (χ0) is 20.4. The highest BCUT2D eigenvalue weighted by atomic mass is 32.1. The first-order valence-electron chi connectivity index (χ1n) is 9.50. The highest BCUT2D eigenvalue weighted by molar-refractivity contribution is 7.17. The maximum absolute atomic E-state index is 13.2. The van der Waals surface area contributed by atoms with Gasteiger partial charge < -0.3 is 15.4 Å². The van der Waals surface area contributed by atoms with Crippen LogP contribution in [0.3, 0.4) is 0 Å². The molecule has 0 fully saturated rings. The first-order chi connectivity index (χ1) is 14.0. The third-order valence-electron chi connectivity index (χ3n) is 5.06. The number of ether oxygens (including phenoxy) is 1. The van der Waals surface area contributed by atoms with Crippen LogP contribution in [0.1, 0.15) is 43.8 Å². The molecule has 1 atom stereocenters. The third-order valence-corrected chi connectivity index (χ3v) is 7.10. The summed E-state index contributed by atoms with van der Waals surface area (Å²) in [4.78, 5) is 27.6. The van der Waals surface area contributed by atoms with Crippen LogP contribution in [-0.2, 0) is 12.8 Å². The van der Waals surface area contributed by atoms with Crippen LogP contribution in [0.4, 0.5) is 10.7 Å². The summed E-state index contributed by atoms with van der Waals surface area (Å²) >= 11 is 2.91. The van der Waals surface area contributed by atoms with Crippen LogP contribution in [-0.4, -0.2) is 18.9 Å². The van der Waals surface area contributed by atoms with Gasteiger partial charge in [0.25, 0.3) is 11.8 Å². The second-order valence-electron chi connectivity index (χ2n) is 7.17. The number of carbonyl (C=O) groups excluding carboxylic acids is 2. The van der Waals surface area contributed by atoms with E-state index in [2.05, 4.69) is 17.6 Å². The largest absolute Gasteiger partial charge is 0.497 e. The fourth-order valence-corrected chi connectivity index (χ4v) is 5.54. The molecule has 29 heavy (non-hydrogen) atoms. The fraction of sp³-hybridized carbons (Fsp3) is 0.273. The van der Waals surface area contributed by atoms with Gasteiger partial charge in [-0.1, -0.05) is 13.0 Å². The van der Waals surface area contributed by atoms with Gasteiger partial charge in [0, 0.05) is 10.6 Å². The fourth-order valence-electron chi connectivity index (χ4n) is 3.52. The molecule has 0 saturated carbocycles. The van der Waals surface area contributed by atoms with E-state index in [1.807, 2.05) is 23.6 Å². The maximum atomic E-state index is 13.2. The van der Waals surface area contributed by atoms with Crippen molar-refractivity contribution in [1.29, 1.82) is 0 Å². The predicted octanol–water partition coefficient (Wildman–Crippen LogP) is 5.45. The molecule has 150 valence electrons. The van der Waals surface area contributed by atoms with Crippen LogP contribution >= 0.6 is 22.7 Å². The van der Waals surface area contributed by atoms with E-state index in [4.69, 9.17) is 4.74 Å². The number of anilines is 2. The lowest BCUT2D eigenvalue weighted by molar-refractivity contribution is 0.102. The number of hydrogen-bond donors (Lipinski definition) is 2. The molecule has 3 aromatic rings. The van der Waals surface area contributed by atoms with E-state index in [-0.39, 0.29) is 11.8 Å². The minimum atomic E-state index is -0.191. The van der Waals surface area contributed by atoms with E-state index < -0.39 is 0 Å². The van der Waals surface area contributed by atoms with Gasteiger partial charge in [-0.25, -0.2) is 0 Å². The molecule has 2 heterocycles. The molecule has 1 unspecified atom stereocenters. The Hall–Kier alpha value is -2.64. The van der Waals surface area contributed by atoms with E-state index in [0.29, 0.717) is 27.0 Å². The normalized spacial score (nSPS) is 15.4. The molecule has 2 N–H and O–H groups in total. The molecule has 1 aromatic carbocycles. The number of thiophene rings is 2. The predicted molar refractivity (Wildman–Crippen MR) is 119 cm³/mol. The Labute approximate surface area is 177 Å². The highest BCUT2D eigenvalue weighted by Crippen LogP contribution is 2.40. The van der Waals surface area contributed by atoms with Gasteiger partial charge >= 0.3 is 0 Å². The van der Waals surface area contributed by atoms with Crippen molar-refractivity contribution in [1.82, 2.24) is 0 Å². The quantitative estimate of drug-likeness (QED) is 0.570. The summed E-state index contributed by atoms with van der Waals surface area (Å²) in [6, 6.07) is 10.9. The van der Waals surface area contributed by atoms with E-state index in [1.165, 1.54) is 27.6 Å². The number of carbonyl (C=O) groups is 2. The summed E-state index contributed by atoms with van der Waals surface area (Å²) in [5, 5.41) is 8.45. The van der Waals surface area contributed by atoms with Crippen LogP contribution in [0.25, 0.3) is 0 Å². The van der Waals surface area contributed by atoms with E-state index >= 15 is 0 Å². The van der Waals surface area contributed by atoms with Crippen LogP contribution in [0, 0.1) is 5.92 Å². The second-order valence-corrected chi connectivity index (χ2v) is 9.22. The molecular formula is C22H22N2O3S2. The molecule has 1 aliphatic rings. The Morgan fingerprint density at radius 2 is 1.90 bits per heavy atom. The lowest BCUT2D eigenvalue weighted by Crippen LogP contribution is -2.19. The van der Waals surface area contributed by atoms with E-state index in [9.17, 15) is 9.59 Å². The zero-order valence-corrected chi connectivity index (χ0v) is 17.9. The molecule has 5 nitrogen and oxygen atoms in total. The molecule has 2 aromatic heterocycles. The molecule has 1 aliphatic carbocycles. The number of nitrogens with one attached hydrogen (secondary N) is 2. The van der Waals surface area contributed by atoms with Crippen molar-refractivity contribution in [3.63, 3.8) is 0 Å². The van der Waals surface area contributed by atoms with Crippen LogP contribution < -0.4 is 15.4 Å². The van der Waals surface area contributed by atoms with Gasteiger partial charge in [-0.2, -0.15) is 0 Å². The third kappa shape index (κ3) is 4.21. The molecular weight excluding hydrogens is 404 g/mol. The van der Waals surface area contributed by atoms with E-state index in [0.717, 1.165) is 30.6 Å². The number of methoxy groups -OCH3 is 1. The summed E-state index contributed by atoms with van der Waals surface area (Å²) < 4.78 is 5.17. The Balaban J connectivity index is 1.64. The summed E-state index contributed by atoms with van der Waals surface area (Å²) in [5.41, 5.74) is 2.36. The number of fused-ring (bicyclic) bond motifs is 1. The lowest BCUT2D eigenvalue weighted by atomic mass is 9.88. The number of hydrogen-bond acceptors (Lipinski definition) is 5. The first kappa shape index (κ1) is 19.7. The average Bonchev–Trinajstić information content (AvgIpc) is 3.36. The van der Waals surface area contributed by atoms with Crippen molar-refractivity contribution >= 4 is 45.2 Å². The Bertz CT molecular complexity index is 1020. The minimum Gasteiger partial charge on any atom is -0.497 e. The van der Waals surface area contributed by atoms with Gasteiger partial charge in [0.2, 0.25) is 0 Å². The second kappa shape index (κ2) is 8.39. The summed E-state index contributed by atoms with van der Waals surface area (Å²) in [6.07, 6.45) is 2.84. The molecule has 7 heteroatoms. The van der Waals surface area contributed by atoms with Gasteiger partial charge in [0.05, 0.1) is 17.6 Å². The molecule has 0 radical (unpaired) electrons. The number of benzene rings is 1. The Kier molecular flexibility index (Phi) is 5.69. The molecule has 0 aliphatic heterocycles. The van der Waals surface area contributed by atoms with Crippen molar-refractivity contribution in [2.45, 2.75) is 26.2 Å². The molecule has 0 spiro atoms. The lowest BCUT2D eigenvalue weighted by Gasteiger charge is -2.18. The monoisotopic (exact) mass is 426 g/mol. The number of amides is 2. The number of rotatable bonds is 5. The van der Waals surface area contributed by atoms with Crippen molar-refractivity contribution in [2.24, 2.45) is 5.92 Å². The first-order valence-corrected chi connectivity index (χ1v) is 11.2. The van der Waals surface area contributed by atoms with Gasteiger partial charge in [0.15, 0.2) is 0 Å². The Morgan fingerprint density at radius 3 is 2.59 bits per heavy atom. The average molecular weight is 427 g/mol. The SMILES string of the molecule is COc1ccc(NC(=O)c2c(NC(=O)c3cccs3)sc3c2CCC(C)C3)cc1. The maximum Gasteiger partial charge on any atom is 0.266 e. The standard InChI is InChI=1S/C22H22N2O3S2/c1-13-5-10-16-18(12-13)29-22(24-20(25)17-4-3-11-28-17)19(16)21(26)23-14-6-8-15(27-2)9-7-14/h3-4,6-9,11,13H,5,10,12H2,1-2H3,(H,23,26)(H,24,25). The summed E-state index contributed by atoms with van der Waals surface area (Å²) in [7, 11) is 1.61. The Morgan fingerprint density at radius 1 is 1.10 bits per heavy atom. The van der Waals surface area contributed by atoms with Gasteiger partial charge in [-0.3, -0.25) is 9.59 Å². The van der Waals surface area contributed by atoms with Crippen molar-refractivity contribution in [3.05, 3.63) is 62.7 Å². The molecule has 2 amide bonds. The highest BCUT2D eigenvalue weighted by Gasteiger charge is 2.28. The van der Waals surface area contributed by atoms with Crippen molar-refractivity contribution < 1.29 is 14.3 Å². The van der Waals surface area contributed by atoms with E-state index in [1.54, 1.807) is 25.3 Å². The van der Waals surface area contributed by atoms with Crippen LogP contribution in [0.5, 0.6) is 5.75 Å². The molecule has 0 bridgehead atoms. The zero-order valence-electron chi connectivity index (χ0n) is 16.3. The van der Waals surface area contributed by atoms with Gasteiger partial charge in [0.1, 0.15) is 10.8 Å². The van der Waals surface area contributed by atoms with Gasteiger partial charge in [-0.05, 0) is 66.5 Å². The van der Waals surface area contributed by atoms with Crippen LogP contribution in [0.2, 0.25) is 0 Å². The summed E-state index contributed by atoms with van der Waals surface area (Å²) in [5.74, 6) is 0.946. The minimum absolute atomic E-state index is 0.176. The van der Waals surface area contributed by atoms with Crippen molar-refractivity contribution in [3.8, 4) is 5.75 Å². The summed E-state index contributed by atoms with van der Waals surface area (Å²) in [6.45, 7) is 2.23. The molecule has 4 rings (SSSR count).